The molecule has 1 aliphatic rings. The second kappa shape index (κ2) is 17.4. The number of hydrogen-bond acceptors (Lipinski definition) is 6. The smallest absolute Gasteiger partial charge is 0.407 e. The van der Waals surface area contributed by atoms with Crippen LogP contribution in [-0.4, -0.2) is 49.4 Å². The maximum Gasteiger partial charge on any atom is 0.407 e. The molecule has 0 saturated carbocycles. The van der Waals surface area contributed by atoms with Crippen molar-refractivity contribution in [2.24, 2.45) is 5.73 Å². The first-order valence-electron chi connectivity index (χ1n) is 16.9. The Bertz CT molecular complexity index is 1710. The van der Waals surface area contributed by atoms with Crippen LogP contribution in [0.2, 0.25) is 0 Å². The summed E-state index contributed by atoms with van der Waals surface area (Å²) in [6, 6.07) is 19.7. The van der Waals surface area contributed by atoms with Gasteiger partial charge in [0.05, 0.1) is 30.3 Å². The summed E-state index contributed by atoms with van der Waals surface area (Å²) in [6.45, 7) is 4.24. The average Bonchev–Trinajstić information content (AvgIpc) is 3.12. The van der Waals surface area contributed by atoms with Gasteiger partial charge < -0.3 is 31.2 Å². The Labute approximate surface area is 294 Å². The van der Waals surface area contributed by atoms with Crippen LogP contribution in [0.1, 0.15) is 60.9 Å². The molecule has 4 aromatic carbocycles. The lowest BCUT2D eigenvalue weighted by Crippen LogP contribution is -2.54. The molecule has 5 rings (SSSR count). The predicted octanol–water partition coefficient (Wildman–Crippen LogP) is 6.90. The molecule has 0 aliphatic carbocycles. The van der Waals surface area contributed by atoms with E-state index in [0.29, 0.717) is 30.5 Å². The number of benzene rings is 4. The van der Waals surface area contributed by atoms with Crippen molar-refractivity contribution in [1.29, 1.82) is 0 Å². The molecule has 5 N–H and O–H groups in total. The van der Waals surface area contributed by atoms with Gasteiger partial charge in [0.15, 0.2) is 0 Å². The predicted molar refractivity (Wildman–Crippen MR) is 186 cm³/mol. The van der Waals surface area contributed by atoms with Gasteiger partial charge in [-0.3, -0.25) is 4.79 Å². The van der Waals surface area contributed by atoms with Crippen LogP contribution >= 0.6 is 0 Å². The first kappa shape index (κ1) is 37.5. The highest BCUT2D eigenvalue weighted by Gasteiger charge is 2.31. The van der Waals surface area contributed by atoms with E-state index in [-0.39, 0.29) is 54.4 Å². The van der Waals surface area contributed by atoms with Crippen LogP contribution in [0.4, 0.5) is 28.0 Å². The molecule has 8 nitrogen and oxygen atoms in total. The van der Waals surface area contributed by atoms with Gasteiger partial charge in [-0.05, 0) is 91.4 Å². The number of carbonyl (C=O) groups excluding carboxylic acids is 2. The van der Waals surface area contributed by atoms with Crippen LogP contribution in [-0.2, 0) is 20.7 Å². The summed E-state index contributed by atoms with van der Waals surface area (Å²) >= 11 is 0. The lowest BCUT2D eigenvalue weighted by molar-refractivity contribution is -0.117. The Morgan fingerprint density at radius 1 is 0.882 bits per heavy atom. The van der Waals surface area contributed by atoms with Crippen LogP contribution in [0.5, 0.6) is 0 Å². The normalized spacial score (nSPS) is 18.5. The van der Waals surface area contributed by atoms with Crippen molar-refractivity contribution in [3.05, 3.63) is 137 Å². The molecule has 2 amide bonds. The van der Waals surface area contributed by atoms with Gasteiger partial charge in [-0.25, -0.2) is 22.4 Å². The number of carbonyl (C=O) groups is 2. The molecule has 4 aromatic rings. The minimum atomic E-state index is -1.18. The molecule has 270 valence electrons. The minimum Gasteiger partial charge on any atom is -0.448 e. The van der Waals surface area contributed by atoms with Gasteiger partial charge in [0.2, 0.25) is 5.91 Å². The maximum atomic E-state index is 15.2. The van der Waals surface area contributed by atoms with Crippen molar-refractivity contribution in [3.63, 3.8) is 0 Å². The third kappa shape index (κ3) is 9.93. The zero-order valence-corrected chi connectivity index (χ0v) is 28.4. The maximum absolute atomic E-state index is 15.2. The van der Waals surface area contributed by atoms with Crippen molar-refractivity contribution in [3.8, 4) is 0 Å². The van der Waals surface area contributed by atoms with E-state index in [4.69, 9.17) is 15.2 Å². The summed E-state index contributed by atoms with van der Waals surface area (Å²) < 4.78 is 67.6. The Morgan fingerprint density at radius 3 is 2.00 bits per heavy atom. The highest BCUT2D eigenvalue weighted by Crippen LogP contribution is 2.30. The molecule has 1 aliphatic heterocycles. The number of anilines is 1. The minimum absolute atomic E-state index is 0.0557. The number of ether oxygens (including phenoxy) is 2. The average molecular weight is 707 g/mol. The zero-order chi connectivity index (χ0) is 36.5. The summed E-state index contributed by atoms with van der Waals surface area (Å²) in [5.74, 6) is -3.11. The summed E-state index contributed by atoms with van der Waals surface area (Å²) in [5, 5.41) is 8.93. The van der Waals surface area contributed by atoms with E-state index in [1.165, 1.54) is 72.8 Å². The highest BCUT2D eigenvalue weighted by atomic mass is 19.1. The first-order valence-corrected chi connectivity index (χ1v) is 16.9. The molecule has 0 aromatic heterocycles. The fourth-order valence-corrected chi connectivity index (χ4v) is 6.28. The van der Waals surface area contributed by atoms with E-state index >= 15 is 4.39 Å². The molecule has 0 unspecified atom stereocenters. The van der Waals surface area contributed by atoms with Gasteiger partial charge in [0, 0.05) is 23.7 Å². The number of halogens is 4. The summed E-state index contributed by atoms with van der Waals surface area (Å²) in [6.07, 6.45) is 0.0311. The third-order valence-electron chi connectivity index (χ3n) is 9.16. The second-order valence-electron chi connectivity index (χ2n) is 12.6. The highest BCUT2D eigenvalue weighted by molar-refractivity contribution is 5.96. The van der Waals surface area contributed by atoms with Gasteiger partial charge >= 0.3 is 6.09 Å². The lowest BCUT2D eigenvalue weighted by atomic mass is 9.85. The van der Waals surface area contributed by atoms with Crippen molar-refractivity contribution < 1.29 is 36.6 Å². The van der Waals surface area contributed by atoms with E-state index < -0.39 is 41.4 Å². The molecule has 5 atom stereocenters. The van der Waals surface area contributed by atoms with E-state index in [1.807, 2.05) is 13.8 Å². The Morgan fingerprint density at radius 2 is 1.45 bits per heavy atom. The Kier molecular flexibility index (Phi) is 12.8. The molecule has 12 heteroatoms. The number of nitrogens with one attached hydrogen (secondary N) is 3. The number of hydrogen-bond donors (Lipinski definition) is 4. The number of rotatable bonds is 13. The summed E-state index contributed by atoms with van der Waals surface area (Å²) in [7, 11) is 0. The van der Waals surface area contributed by atoms with Gasteiger partial charge in [-0.1, -0.05) is 49.4 Å². The van der Waals surface area contributed by atoms with Crippen LogP contribution in [0, 0.1) is 23.3 Å². The van der Waals surface area contributed by atoms with E-state index in [9.17, 15) is 22.8 Å². The largest absolute Gasteiger partial charge is 0.448 e. The van der Waals surface area contributed by atoms with Crippen LogP contribution in [0.3, 0.4) is 0 Å². The number of morpholine rings is 1. The molecule has 1 heterocycles. The molecule has 51 heavy (non-hydrogen) atoms. The molecular formula is C39H42F4N4O4. The Hall–Kier alpha value is -4.78. The monoisotopic (exact) mass is 706 g/mol. The molecule has 0 bridgehead atoms. The fourth-order valence-electron chi connectivity index (χ4n) is 6.28. The van der Waals surface area contributed by atoms with Gasteiger partial charge in [0.1, 0.15) is 29.9 Å². The van der Waals surface area contributed by atoms with Crippen LogP contribution in [0.15, 0.2) is 91.0 Å². The van der Waals surface area contributed by atoms with Gasteiger partial charge in [-0.15, -0.1) is 0 Å². The summed E-state index contributed by atoms with van der Waals surface area (Å²) in [5.41, 5.74) is 8.91. The van der Waals surface area contributed by atoms with Crippen LogP contribution < -0.4 is 21.7 Å². The summed E-state index contributed by atoms with van der Waals surface area (Å²) in [4.78, 5) is 26.1. The quantitative estimate of drug-likeness (QED) is 0.113. The van der Waals surface area contributed by atoms with Crippen LogP contribution in [0.25, 0.3) is 0 Å². The van der Waals surface area contributed by atoms with E-state index in [0.717, 1.165) is 5.56 Å². The second-order valence-corrected chi connectivity index (χ2v) is 12.6. The van der Waals surface area contributed by atoms with Crippen molar-refractivity contribution in [2.45, 2.75) is 69.4 Å². The molecule has 0 spiro atoms. The van der Waals surface area contributed by atoms with Crippen molar-refractivity contribution in [1.82, 2.24) is 10.6 Å². The van der Waals surface area contributed by atoms with Gasteiger partial charge in [-0.2, -0.15) is 0 Å². The van der Waals surface area contributed by atoms with E-state index in [2.05, 4.69) is 16.0 Å². The zero-order valence-electron chi connectivity index (χ0n) is 28.4. The standard InChI is InChI=1S/C39H42F4N4O4/c1-3-33(24-7-13-27(40)14-8-24)47-39(49)50-22-35-23(2)51-30(21-45-35)19-20-31-32(43)5-4-6-34(31)46-38(48)37(44)36(25-9-15-28(41)16-10-25)26-11-17-29(42)18-12-26/h4-18,23,30,33,35-37,45H,3,19-22,44H2,1-2H3,(H,46,48)(H,47,49)/t23-,30+,33+,35+,37-/m0/s1. The lowest BCUT2D eigenvalue weighted by Gasteiger charge is -2.35. The van der Waals surface area contributed by atoms with Crippen molar-refractivity contribution >= 4 is 17.7 Å². The third-order valence-corrected chi connectivity index (χ3v) is 9.16. The van der Waals surface area contributed by atoms with E-state index in [1.54, 1.807) is 18.2 Å². The first-order chi connectivity index (χ1) is 24.5. The number of alkyl carbamates (subject to hydrolysis) is 1. The number of amides is 2. The van der Waals surface area contributed by atoms with Crippen molar-refractivity contribution in [2.75, 3.05) is 18.5 Å². The number of nitrogens with two attached hydrogens (primary N) is 1. The molecular weight excluding hydrogens is 664 g/mol. The SMILES string of the molecule is CC[C@@H](NC(=O)OC[C@H]1NC[C@@H](CCc2c(F)cccc2NC(=O)[C@@H](N)C(c2ccc(F)cc2)c2ccc(F)cc2)O[C@H]1C)c1ccc(F)cc1. The topological polar surface area (TPSA) is 115 Å². The Balaban J connectivity index is 1.16. The molecule has 1 fully saturated rings. The van der Waals surface area contributed by atoms with Gasteiger partial charge in [0.25, 0.3) is 0 Å². The molecule has 1 saturated heterocycles. The molecule has 0 radical (unpaired) electrons. The fraction of sp³-hybridized carbons (Fsp3) is 0.333.